The van der Waals surface area contributed by atoms with E-state index in [9.17, 15) is 4.39 Å². The fraction of sp³-hybridized carbons (Fsp3) is 0.480. The predicted octanol–water partition coefficient (Wildman–Crippen LogP) is 3.89. The van der Waals surface area contributed by atoms with Gasteiger partial charge in [0.2, 0.25) is 0 Å². The number of piperazine rings is 1. The summed E-state index contributed by atoms with van der Waals surface area (Å²) >= 11 is 0. The number of hydrogen-bond donors (Lipinski definition) is 0. The van der Waals surface area contributed by atoms with Crippen LogP contribution in [0.3, 0.4) is 0 Å². The molecule has 1 aliphatic rings. The molecule has 0 N–H and O–H groups in total. The van der Waals surface area contributed by atoms with Crippen LogP contribution >= 0.6 is 0 Å². The molecular formula is C25H33FN6O2. The maximum Gasteiger partial charge on any atom is 0.173 e. The van der Waals surface area contributed by atoms with E-state index in [1.807, 2.05) is 35.0 Å². The molecule has 8 nitrogen and oxygen atoms in total. The average molecular weight is 469 g/mol. The molecule has 2 heterocycles. The summed E-state index contributed by atoms with van der Waals surface area (Å²) in [5, 5.41) is 12.9. The Morgan fingerprint density at radius 1 is 1.03 bits per heavy atom. The fourth-order valence-electron chi connectivity index (χ4n) is 4.43. The SMILES string of the molecule is CCC(C)(C)n1nnnc1[C@H](c1cc(OC)ccc1OC)N1CCN(c2ccccc2F)CC1. The number of rotatable bonds is 8. The van der Waals surface area contributed by atoms with Crippen molar-refractivity contribution in [2.24, 2.45) is 0 Å². The van der Waals surface area contributed by atoms with E-state index < -0.39 is 0 Å². The molecule has 0 unspecified atom stereocenters. The second-order valence-corrected chi connectivity index (χ2v) is 9.10. The van der Waals surface area contributed by atoms with Gasteiger partial charge in [-0.3, -0.25) is 4.90 Å². The van der Waals surface area contributed by atoms with Crippen molar-refractivity contribution < 1.29 is 13.9 Å². The van der Waals surface area contributed by atoms with Crippen LogP contribution in [0.1, 0.15) is 44.6 Å². The van der Waals surface area contributed by atoms with Crippen molar-refractivity contribution in [3.8, 4) is 11.5 Å². The number of methoxy groups -OCH3 is 2. The maximum absolute atomic E-state index is 14.4. The van der Waals surface area contributed by atoms with E-state index in [0.29, 0.717) is 31.9 Å². The van der Waals surface area contributed by atoms with Crippen LogP contribution in [0.5, 0.6) is 11.5 Å². The van der Waals surface area contributed by atoms with Crippen molar-refractivity contribution in [3.05, 3.63) is 59.7 Å². The van der Waals surface area contributed by atoms with Gasteiger partial charge in [-0.25, -0.2) is 9.07 Å². The summed E-state index contributed by atoms with van der Waals surface area (Å²) in [6.45, 7) is 9.16. The first kappa shape index (κ1) is 23.9. The zero-order valence-corrected chi connectivity index (χ0v) is 20.5. The van der Waals surface area contributed by atoms with Gasteiger partial charge in [-0.1, -0.05) is 19.1 Å². The Bertz CT molecular complexity index is 1110. The maximum atomic E-state index is 14.4. The van der Waals surface area contributed by atoms with Crippen LogP contribution in [0, 0.1) is 5.82 Å². The third kappa shape index (κ3) is 4.57. The largest absolute Gasteiger partial charge is 0.497 e. The molecule has 2 aromatic carbocycles. The number of tetrazole rings is 1. The van der Waals surface area contributed by atoms with Gasteiger partial charge in [-0.05, 0) is 61.0 Å². The number of aromatic nitrogens is 4. The highest BCUT2D eigenvalue weighted by Gasteiger charge is 2.36. The van der Waals surface area contributed by atoms with Crippen LogP contribution < -0.4 is 14.4 Å². The standard InChI is InChI=1S/C25H33FN6O2/c1-6-25(2,3)32-24(27-28-29-32)23(19-17-18(33-4)11-12-22(19)34-5)31-15-13-30(14-16-31)21-10-8-7-9-20(21)26/h7-12,17,23H,6,13-16H2,1-5H3/t23-/m0/s1. The lowest BCUT2D eigenvalue weighted by Crippen LogP contribution is -2.49. The number of ether oxygens (including phenoxy) is 2. The number of anilines is 1. The highest BCUT2D eigenvalue weighted by Crippen LogP contribution is 2.38. The molecule has 4 rings (SSSR count). The van der Waals surface area contributed by atoms with Crippen molar-refractivity contribution in [2.75, 3.05) is 45.3 Å². The molecule has 3 aromatic rings. The Morgan fingerprint density at radius 2 is 1.76 bits per heavy atom. The molecule has 1 saturated heterocycles. The summed E-state index contributed by atoms with van der Waals surface area (Å²) in [4.78, 5) is 4.42. The summed E-state index contributed by atoms with van der Waals surface area (Å²) in [5.74, 6) is 2.03. The van der Waals surface area contributed by atoms with E-state index in [1.54, 1.807) is 20.3 Å². The van der Waals surface area contributed by atoms with Crippen LogP contribution in [0.15, 0.2) is 42.5 Å². The van der Waals surface area contributed by atoms with Crippen LogP contribution in [0.4, 0.5) is 10.1 Å². The van der Waals surface area contributed by atoms with Crippen molar-refractivity contribution in [1.82, 2.24) is 25.1 Å². The normalized spacial score (nSPS) is 15.9. The minimum absolute atomic E-state index is 0.199. The zero-order chi connectivity index (χ0) is 24.3. The monoisotopic (exact) mass is 468 g/mol. The molecular weight excluding hydrogens is 435 g/mol. The van der Waals surface area contributed by atoms with E-state index in [0.717, 1.165) is 29.3 Å². The molecule has 0 radical (unpaired) electrons. The van der Waals surface area contributed by atoms with Gasteiger partial charge in [-0.2, -0.15) is 0 Å². The minimum Gasteiger partial charge on any atom is -0.497 e. The Morgan fingerprint density at radius 3 is 2.41 bits per heavy atom. The molecule has 0 bridgehead atoms. The molecule has 0 saturated carbocycles. The molecule has 1 aromatic heterocycles. The minimum atomic E-state index is -0.266. The third-order valence-corrected chi connectivity index (χ3v) is 6.78. The highest BCUT2D eigenvalue weighted by molar-refractivity contribution is 5.48. The van der Waals surface area contributed by atoms with Gasteiger partial charge in [0, 0.05) is 31.7 Å². The van der Waals surface area contributed by atoms with E-state index in [-0.39, 0.29) is 17.4 Å². The lowest BCUT2D eigenvalue weighted by Gasteiger charge is -2.40. The summed E-state index contributed by atoms with van der Waals surface area (Å²) < 4.78 is 27.6. The molecule has 0 amide bonds. The van der Waals surface area contributed by atoms with Crippen LogP contribution in [-0.2, 0) is 5.54 Å². The van der Waals surface area contributed by atoms with Gasteiger partial charge < -0.3 is 14.4 Å². The zero-order valence-electron chi connectivity index (χ0n) is 20.5. The van der Waals surface area contributed by atoms with Gasteiger partial charge in [0.05, 0.1) is 25.4 Å². The molecule has 1 atom stereocenters. The van der Waals surface area contributed by atoms with Gasteiger partial charge in [-0.15, -0.1) is 5.10 Å². The first-order chi connectivity index (χ1) is 16.4. The van der Waals surface area contributed by atoms with E-state index in [1.165, 1.54) is 6.07 Å². The van der Waals surface area contributed by atoms with Crippen molar-refractivity contribution in [1.29, 1.82) is 0 Å². The number of nitrogens with zero attached hydrogens (tertiary/aromatic N) is 6. The molecule has 1 aliphatic heterocycles. The summed E-state index contributed by atoms with van der Waals surface area (Å²) in [6.07, 6.45) is 0.869. The molecule has 0 aliphatic carbocycles. The molecule has 0 spiro atoms. The molecule has 182 valence electrons. The predicted molar refractivity (Wildman–Crippen MR) is 129 cm³/mol. The lowest BCUT2D eigenvalue weighted by atomic mass is 9.98. The first-order valence-electron chi connectivity index (χ1n) is 11.6. The Labute approximate surface area is 200 Å². The summed E-state index contributed by atoms with van der Waals surface area (Å²) in [7, 11) is 3.31. The number of benzene rings is 2. The molecule has 34 heavy (non-hydrogen) atoms. The second-order valence-electron chi connectivity index (χ2n) is 9.10. The highest BCUT2D eigenvalue weighted by atomic mass is 19.1. The number of hydrogen-bond acceptors (Lipinski definition) is 7. The van der Waals surface area contributed by atoms with E-state index in [4.69, 9.17) is 9.47 Å². The molecule has 1 fully saturated rings. The average Bonchev–Trinajstić information content (AvgIpc) is 3.35. The topological polar surface area (TPSA) is 68.5 Å². The lowest BCUT2D eigenvalue weighted by molar-refractivity contribution is 0.184. The Hall–Kier alpha value is -3.20. The number of halogens is 1. The summed E-state index contributed by atoms with van der Waals surface area (Å²) in [5.41, 5.74) is 1.30. The van der Waals surface area contributed by atoms with Crippen molar-refractivity contribution in [2.45, 2.75) is 38.8 Å². The molecule has 9 heteroatoms. The van der Waals surface area contributed by atoms with E-state index >= 15 is 0 Å². The van der Waals surface area contributed by atoms with Crippen LogP contribution in [0.25, 0.3) is 0 Å². The smallest absolute Gasteiger partial charge is 0.173 e. The van der Waals surface area contributed by atoms with Gasteiger partial charge in [0.25, 0.3) is 0 Å². The third-order valence-electron chi connectivity index (χ3n) is 6.78. The van der Waals surface area contributed by atoms with Gasteiger partial charge >= 0.3 is 0 Å². The van der Waals surface area contributed by atoms with Crippen molar-refractivity contribution in [3.63, 3.8) is 0 Å². The Kier molecular flexibility index (Phi) is 7.02. The first-order valence-corrected chi connectivity index (χ1v) is 11.6. The van der Waals surface area contributed by atoms with Gasteiger partial charge in [0.1, 0.15) is 23.4 Å². The van der Waals surface area contributed by atoms with Crippen LogP contribution in [0.2, 0.25) is 0 Å². The number of para-hydroxylation sites is 1. The fourth-order valence-corrected chi connectivity index (χ4v) is 4.43. The second kappa shape index (κ2) is 9.97. The van der Waals surface area contributed by atoms with Crippen LogP contribution in [-0.4, -0.2) is 65.5 Å². The van der Waals surface area contributed by atoms with Crippen molar-refractivity contribution >= 4 is 5.69 Å². The summed E-state index contributed by atoms with van der Waals surface area (Å²) in [6, 6.07) is 12.5. The Balaban J connectivity index is 1.74. The van der Waals surface area contributed by atoms with Gasteiger partial charge in [0.15, 0.2) is 5.82 Å². The quantitative estimate of drug-likeness (QED) is 0.497. The van der Waals surface area contributed by atoms with E-state index in [2.05, 4.69) is 46.1 Å².